The van der Waals surface area contributed by atoms with Crippen LogP contribution < -0.4 is 4.90 Å². The van der Waals surface area contributed by atoms with E-state index in [1.807, 2.05) is 0 Å². The Bertz CT molecular complexity index is 657. The van der Waals surface area contributed by atoms with Gasteiger partial charge in [0.05, 0.1) is 24.8 Å². The van der Waals surface area contributed by atoms with Crippen LogP contribution in [-0.2, 0) is 25.3 Å². The fourth-order valence-corrected chi connectivity index (χ4v) is 2.71. The zero-order chi connectivity index (χ0) is 15.8. The van der Waals surface area contributed by atoms with Gasteiger partial charge >= 0.3 is 6.18 Å². The standard InChI is InChI=1S/C12H12F3NO4S/c1-21(18,19)20-10-6-11(17)16(7-10)9-4-2-3-8(5-9)12(13,14)15/h2-5,10H,6-7H2,1H3. The molecule has 1 amide bonds. The second-order valence-electron chi connectivity index (χ2n) is 4.68. The van der Waals surface area contributed by atoms with Gasteiger partial charge in [0.2, 0.25) is 5.91 Å². The third kappa shape index (κ3) is 3.94. The van der Waals surface area contributed by atoms with Crippen LogP contribution in [-0.4, -0.2) is 33.2 Å². The van der Waals surface area contributed by atoms with Gasteiger partial charge in [0.25, 0.3) is 10.1 Å². The number of nitrogens with zero attached hydrogens (tertiary/aromatic N) is 1. The summed E-state index contributed by atoms with van der Waals surface area (Å²) in [4.78, 5) is 12.9. The lowest BCUT2D eigenvalue weighted by molar-refractivity contribution is -0.137. The maximum absolute atomic E-state index is 12.6. The number of alkyl halides is 3. The van der Waals surface area contributed by atoms with Crippen LogP contribution in [0.1, 0.15) is 12.0 Å². The molecule has 1 heterocycles. The fraction of sp³-hybridized carbons (Fsp3) is 0.417. The Morgan fingerprint density at radius 2 is 2.00 bits per heavy atom. The minimum atomic E-state index is -4.51. The van der Waals surface area contributed by atoms with Crippen LogP contribution in [0.5, 0.6) is 0 Å². The summed E-state index contributed by atoms with van der Waals surface area (Å²) in [7, 11) is -3.73. The predicted octanol–water partition coefficient (Wildman–Crippen LogP) is 1.79. The minimum absolute atomic E-state index is 0.0643. The third-order valence-corrected chi connectivity index (χ3v) is 3.51. The molecule has 116 valence electrons. The van der Waals surface area contributed by atoms with E-state index in [9.17, 15) is 26.4 Å². The van der Waals surface area contributed by atoms with Crippen LogP contribution in [0.3, 0.4) is 0 Å². The van der Waals surface area contributed by atoms with Gasteiger partial charge in [-0.3, -0.25) is 8.98 Å². The highest BCUT2D eigenvalue weighted by Gasteiger charge is 2.35. The van der Waals surface area contributed by atoms with E-state index >= 15 is 0 Å². The summed E-state index contributed by atoms with van der Waals surface area (Å²) in [5.41, 5.74) is -0.810. The van der Waals surface area contributed by atoms with E-state index in [1.54, 1.807) is 0 Å². The molecule has 0 bridgehead atoms. The molecule has 0 radical (unpaired) electrons. The summed E-state index contributed by atoms with van der Waals surface area (Å²) in [5, 5.41) is 0. The number of amides is 1. The predicted molar refractivity (Wildman–Crippen MR) is 68.1 cm³/mol. The maximum Gasteiger partial charge on any atom is 0.416 e. The van der Waals surface area contributed by atoms with Crippen molar-refractivity contribution < 1.29 is 30.6 Å². The molecule has 0 aliphatic carbocycles. The lowest BCUT2D eigenvalue weighted by Crippen LogP contribution is -2.27. The number of rotatable bonds is 3. The first-order chi connectivity index (χ1) is 9.56. The van der Waals surface area contributed by atoms with Crippen LogP contribution in [0.2, 0.25) is 0 Å². The molecule has 1 aromatic rings. The first-order valence-corrected chi connectivity index (χ1v) is 7.74. The van der Waals surface area contributed by atoms with Crippen LogP contribution in [0.4, 0.5) is 18.9 Å². The number of hydrogen-bond acceptors (Lipinski definition) is 4. The summed E-state index contributed by atoms with van der Waals surface area (Å²) in [6.07, 6.45) is -4.74. The normalized spacial score (nSPS) is 20.1. The first kappa shape index (κ1) is 15.8. The van der Waals surface area contributed by atoms with Crippen LogP contribution in [0, 0.1) is 0 Å². The molecule has 2 rings (SSSR count). The Labute approximate surface area is 119 Å². The van der Waals surface area contributed by atoms with Crippen molar-refractivity contribution in [2.75, 3.05) is 17.7 Å². The molecule has 21 heavy (non-hydrogen) atoms. The van der Waals surface area contributed by atoms with E-state index in [0.29, 0.717) is 0 Å². The molecule has 0 saturated carbocycles. The summed E-state index contributed by atoms with van der Waals surface area (Å²) in [6, 6.07) is 4.29. The molecular formula is C12H12F3NO4S. The van der Waals surface area contributed by atoms with Gasteiger partial charge in [0.15, 0.2) is 0 Å². The van der Waals surface area contributed by atoms with Crippen molar-refractivity contribution in [1.29, 1.82) is 0 Å². The zero-order valence-corrected chi connectivity index (χ0v) is 11.7. The lowest BCUT2D eigenvalue weighted by atomic mass is 10.2. The monoisotopic (exact) mass is 323 g/mol. The van der Waals surface area contributed by atoms with Crippen molar-refractivity contribution >= 4 is 21.7 Å². The van der Waals surface area contributed by atoms with E-state index in [-0.39, 0.29) is 18.7 Å². The highest BCUT2D eigenvalue weighted by molar-refractivity contribution is 7.86. The summed E-state index contributed by atoms with van der Waals surface area (Å²) in [5.74, 6) is -0.483. The van der Waals surface area contributed by atoms with E-state index in [0.717, 1.165) is 23.3 Å². The number of halogens is 3. The second kappa shape index (κ2) is 5.30. The number of benzene rings is 1. The van der Waals surface area contributed by atoms with Gasteiger partial charge in [-0.05, 0) is 18.2 Å². The van der Waals surface area contributed by atoms with Crippen molar-refractivity contribution in [2.45, 2.75) is 18.7 Å². The molecule has 1 atom stereocenters. The largest absolute Gasteiger partial charge is 0.416 e. The van der Waals surface area contributed by atoms with Gasteiger partial charge < -0.3 is 4.90 Å². The van der Waals surface area contributed by atoms with Crippen LogP contribution >= 0.6 is 0 Å². The number of carbonyl (C=O) groups excluding carboxylic acids is 1. The molecule has 1 aliphatic rings. The van der Waals surface area contributed by atoms with Crippen LogP contribution in [0.25, 0.3) is 0 Å². The lowest BCUT2D eigenvalue weighted by Gasteiger charge is -2.18. The first-order valence-electron chi connectivity index (χ1n) is 5.92. The summed E-state index contributed by atoms with van der Waals surface area (Å²) in [6.45, 7) is -0.104. The van der Waals surface area contributed by atoms with Crippen molar-refractivity contribution in [3.8, 4) is 0 Å². The Balaban J connectivity index is 2.21. The van der Waals surface area contributed by atoms with Crippen molar-refractivity contribution in [1.82, 2.24) is 0 Å². The molecular weight excluding hydrogens is 311 g/mol. The highest BCUT2D eigenvalue weighted by Crippen LogP contribution is 2.33. The SMILES string of the molecule is CS(=O)(=O)OC1CC(=O)N(c2cccc(C(F)(F)F)c2)C1. The smallest absolute Gasteiger partial charge is 0.310 e. The van der Waals surface area contributed by atoms with E-state index < -0.39 is 33.9 Å². The third-order valence-electron chi connectivity index (χ3n) is 2.89. The van der Waals surface area contributed by atoms with Crippen LogP contribution in [0.15, 0.2) is 24.3 Å². The number of anilines is 1. The second-order valence-corrected chi connectivity index (χ2v) is 6.28. The zero-order valence-electron chi connectivity index (χ0n) is 10.9. The fourth-order valence-electron chi connectivity index (χ4n) is 2.09. The number of carbonyl (C=O) groups is 1. The Morgan fingerprint density at radius 3 is 2.57 bits per heavy atom. The Hall–Kier alpha value is -1.61. The molecule has 0 aromatic heterocycles. The molecule has 1 fully saturated rings. The Morgan fingerprint density at radius 1 is 1.33 bits per heavy atom. The summed E-state index contributed by atoms with van der Waals surface area (Å²) >= 11 is 0. The molecule has 0 spiro atoms. The Kier molecular flexibility index (Phi) is 3.98. The van der Waals surface area contributed by atoms with Gasteiger partial charge in [0, 0.05) is 5.69 Å². The molecule has 1 saturated heterocycles. The van der Waals surface area contributed by atoms with Gasteiger partial charge in [-0.25, -0.2) is 0 Å². The van der Waals surface area contributed by atoms with Gasteiger partial charge in [-0.1, -0.05) is 6.07 Å². The molecule has 1 aromatic carbocycles. The molecule has 9 heteroatoms. The maximum atomic E-state index is 12.6. The molecule has 0 N–H and O–H groups in total. The molecule has 1 aliphatic heterocycles. The van der Waals surface area contributed by atoms with E-state index in [4.69, 9.17) is 4.18 Å². The van der Waals surface area contributed by atoms with Gasteiger partial charge in [-0.2, -0.15) is 21.6 Å². The van der Waals surface area contributed by atoms with Crippen molar-refractivity contribution in [2.24, 2.45) is 0 Å². The average Bonchev–Trinajstić information content (AvgIpc) is 2.67. The summed E-state index contributed by atoms with van der Waals surface area (Å²) < 4.78 is 64.7. The molecule has 5 nitrogen and oxygen atoms in total. The minimum Gasteiger partial charge on any atom is -0.310 e. The van der Waals surface area contributed by atoms with Crippen molar-refractivity contribution in [3.05, 3.63) is 29.8 Å². The van der Waals surface area contributed by atoms with Crippen molar-refractivity contribution in [3.63, 3.8) is 0 Å². The highest BCUT2D eigenvalue weighted by atomic mass is 32.2. The van der Waals surface area contributed by atoms with E-state index in [2.05, 4.69) is 0 Å². The average molecular weight is 323 g/mol. The van der Waals surface area contributed by atoms with Gasteiger partial charge in [0.1, 0.15) is 6.10 Å². The molecule has 1 unspecified atom stereocenters. The quantitative estimate of drug-likeness (QED) is 0.796. The van der Waals surface area contributed by atoms with Gasteiger partial charge in [-0.15, -0.1) is 0 Å². The van der Waals surface area contributed by atoms with E-state index in [1.165, 1.54) is 12.1 Å². The topological polar surface area (TPSA) is 63.7 Å². The number of hydrogen-bond donors (Lipinski definition) is 0.